The lowest BCUT2D eigenvalue weighted by Gasteiger charge is -1.98. The van der Waals surface area contributed by atoms with Crippen molar-refractivity contribution in [1.82, 2.24) is 0 Å². The molecule has 0 saturated heterocycles. The van der Waals surface area contributed by atoms with E-state index < -0.39 is 13.1 Å². The first kappa shape index (κ1) is 8.28. The van der Waals surface area contributed by atoms with Gasteiger partial charge in [-0.15, -0.1) is 0 Å². The smallest absolute Gasteiger partial charge is 0.478 e. The van der Waals surface area contributed by atoms with Crippen molar-refractivity contribution in [3.05, 3.63) is 28.8 Å². The molecular formula is C8H7BO4. The molecule has 66 valence electrons. The zero-order valence-corrected chi connectivity index (χ0v) is 6.69. The summed E-state index contributed by atoms with van der Waals surface area (Å²) < 4.78 is 0. The van der Waals surface area contributed by atoms with Crippen molar-refractivity contribution in [2.24, 2.45) is 0 Å². The lowest BCUT2D eigenvalue weighted by atomic mass is 9.79. The van der Waals surface area contributed by atoms with Crippen molar-refractivity contribution in [3.63, 3.8) is 0 Å². The Morgan fingerprint density at radius 3 is 2.54 bits per heavy atom. The Labute approximate surface area is 74.6 Å². The summed E-state index contributed by atoms with van der Waals surface area (Å²) in [5.41, 5.74) is 2.16. The summed E-state index contributed by atoms with van der Waals surface area (Å²) in [6.45, 7) is 0. The number of hydrogen-bond acceptors (Lipinski definition) is 3. The Balaban J connectivity index is 2.46. The fourth-order valence-corrected chi connectivity index (χ4v) is 1.48. The van der Waals surface area contributed by atoms with Crippen molar-refractivity contribution < 1.29 is 19.9 Å². The van der Waals surface area contributed by atoms with E-state index in [0.717, 1.165) is 11.1 Å². The summed E-state index contributed by atoms with van der Waals surface area (Å²) in [6.07, 6.45) is 0.557. The fourth-order valence-electron chi connectivity index (χ4n) is 1.48. The fraction of sp³-hybridized carbons (Fsp3) is 0.125. The highest BCUT2D eigenvalue weighted by Gasteiger charge is 2.31. The number of carboxylic acid groups (broad SMARTS) is 1. The van der Waals surface area contributed by atoms with Crippen LogP contribution in [0.25, 0.3) is 0 Å². The molecule has 0 radical (unpaired) electrons. The maximum atomic E-state index is 10.6. The molecule has 0 unspecified atom stereocenters. The van der Waals surface area contributed by atoms with E-state index in [1.807, 2.05) is 0 Å². The average molecular weight is 178 g/mol. The van der Waals surface area contributed by atoms with E-state index in [2.05, 4.69) is 0 Å². The lowest BCUT2D eigenvalue weighted by molar-refractivity contribution is 0.0696. The van der Waals surface area contributed by atoms with Crippen LogP contribution in [0.5, 0.6) is 0 Å². The van der Waals surface area contributed by atoms with E-state index in [0.29, 0.717) is 11.9 Å². The highest BCUT2D eigenvalue weighted by Crippen LogP contribution is 2.29. The van der Waals surface area contributed by atoms with Crippen molar-refractivity contribution in [3.8, 4) is 0 Å². The third-order valence-corrected chi connectivity index (χ3v) is 2.20. The third-order valence-electron chi connectivity index (χ3n) is 2.20. The van der Waals surface area contributed by atoms with Crippen LogP contribution in [-0.4, -0.2) is 28.2 Å². The van der Waals surface area contributed by atoms with Crippen LogP contribution < -0.4 is 5.46 Å². The number of fused-ring (bicyclic) bond motifs is 1. The Bertz CT molecular complexity index is 386. The normalized spacial score (nSPS) is 12.2. The molecule has 0 heterocycles. The SMILES string of the molecule is O=C(O)c1ccc(B(O)O)c2c1C2. The molecule has 2 rings (SSSR count). The minimum atomic E-state index is -1.50. The summed E-state index contributed by atoms with van der Waals surface area (Å²) in [7, 11) is -1.50. The standard InChI is InChI=1S/C8H7BO4/c10-8(11)4-1-2-7(9(12)13)6-3-5(4)6/h1-2,12-13H,3H2,(H,10,11). The quantitative estimate of drug-likeness (QED) is 0.513. The first-order chi connectivity index (χ1) is 6.11. The second-order valence-electron chi connectivity index (χ2n) is 3.02. The van der Waals surface area contributed by atoms with Crippen molar-refractivity contribution in [2.45, 2.75) is 6.42 Å². The van der Waals surface area contributed by atoms with Crippen LogP contribution in [0.4, 0.5) is 0 Å². The van der Waals surface area contributed by atoms with Gasteiger partial charge >= 0.3 is 13.1 Å². The monoisotopic (exact) mass is 178 g/mol. The molecule has 5 heteroatoms. The Hall–Kier alpha value is -1.33. The maximum absolute atomic E-state index is 10.6. The van der Waals surface area contributed by atoms with Crippen LogP contribution >= 0.6 is 0 Å². The van der Waals surface area contributed by atoms with Crippen LogP contribution in [0.15, 0.2) is 12.1 Å². The van der Waals surface area contributed by atoms with Crippen molar-refractivity contribution in [2.75, 3.05) is 0 Å². The van der Waals surface area contributed by atoms with Gasteiger partial charge in [0.05, 0.1) is 5.56 Å². The molecule has 1 aliphatic carbocycles. The van der Waals surface area contributed by atoms with Crippen LogP contribution in [0.2, 0.25) is 0 Å². The molecular weight excluding hydrogens is 171 g/mol. The zero-order chi connectivity index (χ0) is 9.59. The van der Waals surface area contributed by atoms with E-state index in [1.54, 1.807) is 0 Å². The molecule has 0 aliphatic heterocycles. The van der Waals surface area contributed by atoms with Gasteiger partial charge in [-0.1, -0.05) is 6.07 Å². The first-order valence-electron chi connectivity index (χ1n) is 3.85. The van der Waals surface area contributed by atoms with Crippen LogP contribution in [0.1, 0.15) is 21.5 Å². The summed E-state index contributed by atoms with van der Waals surface area (Å²) in [5.74, 6) is -0.965. The molecule has 0 fully saturated rings. The summed E-state index contributed by atoms with van der Waals surface area (Å²) in [5, 5.41) is 26.5. The topological polar surface area (TPSA) is 77.8 Å². The molecule has 0 aromatic heterocycles. The summed E-state index contributed by atoms with van der Waals surface area (Å²) >= 11 is 0. The van der Waals surface area contributed by atoms with Gasteiger partial charge in [0.1, 0.15) is 0 Å². The molecule has 1 aromatic carbocycles. The van der Waals surface area contributed by atoms with Gasteiger partial charge in [0.15, 0.2) is 0 Å². The molecule has 0 atom stereocenters. The highest BCUT2D eigenvalue weighted by atomic mass is 16.4. The Morgan fingerprint density at radius 2 is 2.00 bits per heavy atom. The second kappa shape index (κ2) is 2.58. The van der Waals surface area contributed by atoms with Gasteiger partial charge in [0.25, 0.3) is 0 Å². The minimum absolute atomic E-state index is 0.263. The van der Waals surface area contributed by atoms with Crippen molar-refractivity contribution >= 4 is 18.6 Å². The predicted octanol–water partition coefficient (Wildman–Crippen LogP) is -1.03. The van der Waals surface area contributed by atoms with Gasteiger partial charge in [0, 0.05) is 0 Å². The van der Waals surface area contributed by atoms with Gasteiger partial charge in [-0.3, -0.25) is 0 Å². The predicted molar refractivity (Wildman–Crippen MR) is 46.0 cm³/mol. The third kappa shape index (κ3) is 1.22. The molecule has 4 nitrogen and oxygen atoms in total. The summed E-state index contributed by atoms with van der Waals surface area (Å²) in [4.78, 5) is 10.6. The lowest BCUT2D eigenvalue weighted by Crippen LogP contribution is -2.30. The number of aromatic carboxylic acids is 1. The first-order valence-corrected chi connectivity index (χ1v) is 3.85. The van der Waals surface area contributed by atoms with E-state index in [1.165, 1.54) is 12.1 Å². The largest absolute Gasteiger partial charge is 0.488 e. The maximum Gasteiger partial charge on any atom is 0.488 e. The molecule has 0 bridgehead atoms. The minimum Gasteiger partial charge on any atom is -0.478 e. The highest BCUT2D eigenvalue weighted by molar-refractivity contribution is 6.59. The molecule has 0 spiro atoms. The van der Waals surface area contributed by atoms with Gasteiger partial charge in [0.2, 0.25) is 0 Å². The Kier molecular flexibility index (Phi) is 1.64. The van der Waals surface area contributed by atoms with E-state index in [4.69, 9.17) is 15.2 Å². The van der Waals surface area contributed by atoms with Crippen LogP contribution in [0, 0.1) is 0 Å². The molecule has 1 aliphatic rings. The van der Waals surface area contributed by atoms with Crippen LogP contribution in [-0.2, 0) is 6.42 Å². The number of hydrogen-bond donors (Lipinski definition) is 3. The zero-order valence-electron chi connectivity index (χ0n) is 6.69. The van der Waals surface area contributed by atoms with Gasteiger partial charge in [-0.05, 0) is 29.1 Å². The number of carbonyl (C=O) groups is 1. The van der Waals surface area contributed by atoms with E-state index in [9.17, 15) is 4.79 Å². The van der Waals surface area contributed by atoms with Gasteiger partial charge < -0.3 is 15.2 Å². The summed E-state index contributed by atoms with van der Waals surface area (Å²) in [6, 6.07) is 2.85. The molecule has 0 saturated carbocycles. The van der Waals surface area contributed by atoms with Crippen molar-refractivity contribution in [1.29, 1.82) is 0 Å². The molecule has 0 amide bonds. The van der Waals surface area contributed by atoms with E-state index >= 15 is 0 Å². The van der Waals surface area contributed by atoms with Crippen LogP contribution in [0.3, 0.4) is 0 Å². The second-order valence-corrected chi connectivity index (χ2v) is 3.02. The molecule has 1 aromatic rings. The average Bonchev–Trinajstić information content (AvgIpc) is 2.79. The van der Waals surface area contributed by atoms with E-state index in [-0.39, 0.29) is 5.56 Å². The van der Waals surface area contributed by atoms with Gasteiger partial charge in [-0.2, -0.15) is 0 Å². The number of rotatable bonds is 2. The van der Waals surface area contributed by atoms with Gasteiger partial charge in [-0.25, -0.2) is 4.79 Å². The Morgan fingerprint density at radius 1 is 1.31 bits per heavy atom. The molecule has 3 N–H and O–H groups in total. The number of benzene rings is 1. The number of carboxylic acids is 1. The molecule has 13 heavy (non-hydrogen) atoms.